The van der Waals surface area contributed by atoms with Crippen LogP contribution in [0.4, 0.5) is 5.69 Å². The number of benzene rings is 1. The first-order valence-corrected chi connectivity index (χ1v) is 7.67. The van der Waals surface area contributed by atoms with Crippen LogP contribution in [0, 0.1) is 13.8 Å². The van der Waals surface area contributed by atoms with E-state index in [-0.39, 0.29) is 11.8 Å². The third-order valence-electron chi connectivity index (χ3n) is 4.84. The van der Waals surface area contributed by atoms with E-state index in [4.69, 9.17) is 0 Å². The fourth-order valence-corrected chi connectivity index (χ4v) is 3.53. The van der Waals surface area contributed by atoms with Gasteiger partial charge in [0.05, 0.1) is 0 Å². The second kappa shape index (κ2) is 4.86. The van der Waals surface area contributed by atoms with E-state index < -0.39 is 11.6 Å². The summed E-state index contributed by atoms with van der Waals surface area (Å²) >= 11 is 0. The van der Waals surface area contributed by atoms with Crippen molar-refractivity contribution in [2.45, 2.75) is 58.0 Å². The molecular formula is C17H22N2O2. The lowest BCUT2D eigenvalue weighted by Gasteiger charge is -2.43. The Morgan fingerprint density at radius 2 is 1.86 bits per heavy atom. The lowest BCUT2D eigenvalue weighted by molar-refractivity contribution is -0.137. The number of hydrogen-bond donors (Lipinski definition) is 1. The van der Waals surface area contributed by atoms with Crippen LogP contribution < -0.4 is 10.2 Å². The predicted molar refractivity (Wildman–Crippen MR) is 82.2 cm³/mol. The van der Waals surface area contributed by atoms with Gasteiger partial charge in [-0.05, 0) is 50.8 Å². The van der Waals surface area contributed by atoms with Crippen molar-refractivity contribution in [3.8, 4) is 0 Å². The summed E-state index contributed by atoms with van der Waals surface area (Å²) in [7, 11) is 0. The van der Waals surface area contributed by atoms with Crippen molar-refractivity contribution in [2.24, 2.45) is 0 Å². The molecule has 4 nitrogen and oxygen atoms in total. The van der Waals surface area contributed by atoms with Crippen molar-refractivity contribution in [2.75, 3.05) is 4.90 Å². The zero-order valence-corrected chi connectivity index (χ0v) is 12.9. The normalized spacial score (nSPS) is 24.5. The molecule has 0 radical (unpaired) electrons. The second-order valence-corrected chi connectivity index (χ2v) is 6.42. The lowest BCUT2D eigenvalue weighted by atomic mass is 9.90. The molecule has 1 spiro atoms. The number of nitrogens with one attached hydrogen (secondary N) is 1. The van der Waals surface area contributed by atoms with Crippen LogP contribution in [0.5, 0.6) is 0 Å². The van der Waals surface area contributed by atoms with Gasteiger partial charge in [0.2, 0.25) is 5.91 Å². The molecule has 3 rings (SSSR count). The third-order valence-corrected chi connectivity index (χ3v) is 4.84. The highest BCUT2D eigenvalue weighted by molar-refractivity contribution is 6.11. The van der Waals surface area contributed by atoms with Gasteiger partial charge in [0, 0.05) is 5.69 Å². The van der Waals surface area contributed by atoms with Crippen molar-refractivity contribution in [3.63, 3.8) is 0 Å². The largest absolute Gasteiger partial charge is 0.340 e. The molecule has 1 atom stereocenters. The second-order valence-electron chi connectivity index (χ2n) is 6.42. The van der Waals surface area contributed by atoms with Gasteiger partial charge in [-0.1, -0.05) is 25.0 Å². The number of piperazine rings is 1. The van der Waals surface area contributed by atoms with Crippen LogP contribution in [0.15, 0.2) is 18.2 Å². The Labute approximate surface area is 125 Å². The fraction of sp³-hybridized carbons (Fsp3) is 0.529. The summed E-state index contributed by atoms with van der Waals surface area (Å²) in [5.41, 5.74) is 2.33. The van der Waals surface area contributed by atoms with Crippen molar-refractivity contribution in [1.29, 1.82) is 0 Å². The first-order chi connectivity index (χ1) is 9.94. The highest BCUT2D eigenvalue weighted by Crippen LogP contribution is 2.37. The van der Waals surface area contributed by atoms with Gasteiger partial charge in [0.25, 0.3) is 5.91 Å². The van der Waals surface area contributed by atoms with Gasteiger partial charge in [-0.25, -0.2) is 0 Å². The predicted octanol–water partition coefficient (Wildman–Crippen LogP) is 2.47. The molecule has 1 N–H and O–H groups in total. The Balaban J connectivity index is 2.08. The molecule has 1 aliphatic carbocycles. The van der Waals surface area contributed by atoms with E-state index in [9.17, 15) is 9.59 Å². The maximum absolute atomic E-state index is 13.1. The third kappa shape index (κ3) is 2.13. The number of carbonyl (C=O) groups is 2. The molecule has 4 heteroatoms. The summed E-state index contributed by atoms with van der Waals surface area (Å²) < 4.78 is 0. The van der Waals surface area contributed by atoms with Gasteiger partial charge in [-0.15, -0.1) is 0 Å². The Morgan fingerprint density at radius 1 is 1.19 bits per heavy atom. The summed E-state index contributed by atoms with van der Waals surface area (Å²) in [5.74, 6) is 0.0122. The van der Waals surface area contributed by atoms with Crippen LogP contribution in [-0.4, -0.2) is 23.4 Å². The zero-order valence-electron chi connectivity index (χ0n) is 12.9. The van der Waals surface area contributed by atoms with Crippen molar-refractivity contribution >= 4 is 17.5 Å². The first kappa shape index (κ1) is 14.1. The van der Waals surface area contributed by atoms with E-state index in [0.717, 1.165) is 42.5 Å². The van der Waals surface area contributed by atoms with E-state index in [0.29, 0.717) is 0 Å². The summed E-state index contributed by atoms with van der Waals surface area (Å²) in [4.78, 5) is 27.2. The standard InChI is InChI=1S/C17H22N2O2/c1-11-6-7-12(2)14(10-11)19-13(3)15(20)18-17(16(19)21)8-4-5-9-17/h6-7,10,13H,4-5,8-9H2,1-3H3,(H,18,20). The van der Waals surface area contributed by atoms with Crippen LogP contribution in [0.1, 0.15) is 43.7 Å². The smallest absolute Gasteiger partial charge is 0.253 e. The Morgan fingerprint density at radius 3 is 2.52 bits per heavy atom. The van der Waals surface area contributed by atoms with Gasteiger partial charge in [-0.2, -0.15) is 0 Å². The van der Waals surface area contributed by atoms with Gasteiger partial charge >= 0.3 is 0 Å². The highest BCUT2D eigenvalue weighted by atomic mass is 16.2. The van der Waals surface area contributed by atoms with Crippen molar-refractivity contribution < 1.29 is 9.59 Å². The Kier molecular flexibility index (Phi) is 3.27. The fourth-order valence-electron chi connectivity index (χ4n) is 3.53. The molecule has 1 aliphatic heterocycles. The molecular weight excluding hydrogens is 264 g/mol. The molecule has 2 fully saturated rings. The van der Waals surface area contributed by atoms with Crippen molar-refractivity contribution in [1.82, 2.24) is 5.32 Å². The number of anilines is 1. The Hall–Kier alpha value is -1.84. The summed E-state index contributed by atoms with van der Waals surface area (Å²) in [6.07, 6.45) is 3.51. The first-order valence-electron chi connectivity index (χ1n) is 7.67. The van der Waals surface area contributed by atoms with Crippen LogP contribution in [-0.2, 0) is 9.59 Å². The maximum atomic E-state index is 13.1. The molecule has 2 amide bonds. The highest BCUT2D eigenvalue weighted by Gasteiger charge is 2.51. The minimum Gasteiger partial charge on any atom is -0.340 e. The lowest BCUT2D eigenvalue weighted by Crippen LogP contribution is -2.69. The number of carbonyl (C=O) groups excluding carboxylic acids is 2. The molecule has 21 heavy (non-hydrogen) atoms. The molecule has 0 bridgehead atoms. The SMILES string of the molecule is Cc1ccc(C)c(N2C(=O)C3(CCCC3)NC(=O)C2C)c1. The number of aryl methyl sites for hydroxylation is 2. The summed E-state index contributed by atoms with van der Waals surface area (Å²) in [6.45, 7) is 5.80. The number of hydrogen-bond acceptors (Lipinski definition) is 2. The quantitative estimate of drug-likeness (QED) is 0.862. The van der Waals surface area contributed by atoms with Gasteiger partial charge in [0.1, 0.15) is 11.6 Å². The van der Waals surface area contributed by atoms with E-state index >= 15 is 0 Å². The summed E-state index contributed by atoms with van der Waals surface area (Å²) in [6, 6.07) is 5.59. The van der Waals surface area contributed by atoms with Gasteiger partial charge in [-0.3, -0.25) is 14.5 Å². The maximum Gasteiger partial charge on any atom is 0.253 e. The topological polar surface area (TPSA) is 49.4 Å². The van der Waals surface area contributed by atoms with Crippen LogP contribution >= 0.6 is 0 Å². The number of nitrogens with zero attached hydrogens (tertiary/aromatic N) is 1. The molecule has 0 aromatic heterocycles. The molecule has 1 saturated heterocycles. The Bertz CT molecular complexity index is 603. The molecule has 2 aliphatic rings. The minimum absolute atomic E-state index is 0.0441. The molecule has 1 aromatic carbocycles. The zero-order chi connectivity index (χ0) is 15.2. The minimum atomic E-state index is -0.667. The van der Waals surface area contributed by atoms with Crippen LogP contribution in [0.25, 0.3) is 0 Å². The van der Waals surface area contributed by atoms with E-state index in [1.165, 1.54) is 0 Å². The van der Waals surface area contributed by atoms with Crippen LogP contribution in [0.3, 0.4) is 0 Å². The van der Waals surface area contributed by atoms with E-state index in [1.54, 1.807) is 11.8 Å². The van der Waals surface area contributed by atoms with E-state index in [1.807, 2.05) is 32.0 Å². The van der Waals surface area contributed by atoms with Gasteiger partial charge in [0.15, 0.2) is 0 Å². The monoisotopic (exact) mass is 286 g/mol. The average molecular weight is 286 g/mol. The number of rotatable bonds is 1. The molecule has 1 saturated carbocycles. The molecule has 112 valence electrons. The van der Waals surface area contributed by atoms with Crippen molar-refractivity contribution in [3.05, 3.63) is 29.3 Å². The molecule has 1 unspecified atom stereocenters. The summed E-state index contributed by atoms with van der Waals surface area (Å²) in [5, 5.41) is 2.99. The van der Waals surface area contributed by atoms with E-state index in [2.05, 4.69) is 5.32 Å². The molecule has 1 aromatic rings. The number of amides is 2. The van der Waals surface area contributed by atoms with Crippen LogP contribution in [0.2, 0.25) is 0 Å². The molecule has 1 heterocycles. The van der Waals surface area contributed by atoms with Gasteiger partial charge < -0.3 is 5.32 Å². The average Bonchev–Trinajstić information content (AvgIpc) is 2.90.